The normalized spacial score (nSPS) is 13.3. The molecule has 1 N–H and O–H groups in total. The summed E-state index contributed by atoms with van der Waals surface area (Å²) in [4.78, 5) is 1.02. The van der Waals surface area contributed by atoms with E-state index in [1.165, 1.54) is 6.07 Å². The van der Waals surface area contributed by atoms with Crippen molar-refractivity contribution in [2.45, 2.75) is 38.3 Å². The Balaban J connectivity index is 2.11. The summed E-state index contributed by atoms with van der Waals surface area (Å²) in [5.41, 5.74) is -0.420. The number of phenolic OH excluding ortho intramolecular Hbond substituents is 1. The molecule has 0 aliphatic heterocycles. The zero-order valence-corrected chi connectivity index (χ0v) is 14.6. The van der Waals surface area contributed by atoms with E-state index in [0.29, 0.717) is 12.1 Å². The lowest BCUT2D eigenvalue weighted by molar-refractivity contribution is -0.289. The molecule has 1 heterocycles. The van der Waals surface area contributed by atoms with E-state index in [1.54, 1.807) is 12.1 Å². The predicted octanol–water partition coefficient (Wildman–Crippen LogP) is 5.08. The van der Waals surface area contributed by atoms with Crippen LogP contribution < -0.4 is 0 Å². The molecule has 4 nitrogen and oxygen atoms in total. The van der Waals surface area contributed by atoms with Crippen LogP contribution in [0.4, 0.5) is 22.0 Å². The van der Waals surface area contributed by atoms with Gasteiger partial charge in [0.05, 0.1) is 0 Å². The maximum Gasteiger partial charge on any atom is 0.458 e. The smallest absolute Gasteiger partial charge is 0.458 e. The second-order valence-electron chi connectivity index (χ2n) is 7.22. The summed E-state index contributed by atoms with van der Waals surface area (Å²) in [6, 6.07) is 7.17. The standard InChI is InChI=1S/C18H16F5N3O/c1-16(2,3)10-5-7-15(27)14(9-10)26-24-12-6-4-11(8-13(12)25-26)17(19,20)18(21,22)23/h4-9,27H,1-3H3. The molecule has 0 saturated carbocycles. The number of hydrogen-bond donors (Lipinski definition) is 1. The SMILES string of the molecule is CC(C)(C)c1ccc(O)c(-n2nc3ccc(C(F)(F)C(F)(F)F)cc3n2)c1. The number of hydrogen-bond acceptors (Lipinski definition) is 3. The van der Waals surface area contributed by atoms with Crippen LogP contribution in [-0.2, 0) is 11.3 Å². The number of alkyl halides is 5. The number of fused-ring (bicyclic) bond motifs is 1. The summed E-state index contributed by atoms with van der Waals surface area (Å²) in [5.74, 6) is -5.15. The van der Waals surface area contributed by atoms with E-state index in [9.17, 15) is 27.1 Å². The van der Waals surface area contributed by atoms with Crippen molar-refractivity contribution in [1.29, 1.82) is 0 Å². The van der Waals surface area contributed by atoms with Crippen LogP contribution in [0.1, 0.15) is 31.9 Å². The minimum absolute atomic E-state index is 0.122. The molecule has 0 unspecified atom stereocenters. The molecule has 27 heavy (non-hydrogen) atoms. The van der Waals surface area contributed by atoms with E-state index < -0.39 is 17.7 Å². The molecule has 1 aromatic heterocycles. The van der Waals surface area contributed by atoms with E-state index in [1.807, 2.05) is 20.8 Å². The molecule has 0 saturated heterocycles. The number of rotatable bonds is 2. The monoisotopic (exact) mass is 385 g/mol. The third-order valence-corrected chi connectivity index (χ3v) is 4.16. The number of phenols is 1. The topological polar surface area (TPSA) is 50.9 Å². The molecule has 0 bridgehead atoms. The predicted molar refractivity (Wildman–Crippen MR) is 89.2 cm³/mol. The number of benzene rings is 2. The summed E-state index contributed by atoms with van der Waals surface area (Å²) >= 11 is 0. The molecule has 0 aliphatic carbocycles. The van der Waals surface area contributed by atoms with Crippen molar-refractivity contribution >= 4 is 11.0 Å². The van der Waals surface area contributed by atoms with Crippen LogP contribution in [0.25, 0.3) is 16.7 Å². The molecule has 0 atom stereocenters. The minimum atomic E-state index is -5.71. The van der Waals surface area contributed by atoms with Gasteiger partial charge in [0, 0.05) is 5.56 Å². The minimum Gasteiger partial charge on any atom is -0.506 e. The zero-order valence-electron chi connectivity index (χ0n) is 14.6. The van der Waals surface area contributed by atoms with Gasteiger partial charge in [0.15, 0.2) is 0 Å². The highest BCUT2D eigenvalue weighted by molar-refractivity contribution is 5.75. The molecule has 3 rings (SSSR count). The second-order valence-corrected chi connectivity index (χ2v) is 7.22. The van der Waals surface area contributed by atoms with Crippen LogP contribution in [0.15, 0.2) is 36.4 Å². The number of halogens is 5. The molecule has 0 spiro atoms. The van der Waals surface area contributed by atoms with Gasteiger partial charge in [-0.05, 0) is 35.2 Å². The van der Waals surface area contributed by atoms with Gasteiger partial charge in [-0.2, -0.15) is 22.0 Å². The Labute approximate surface area is 151 Å². The third-order valence-electron chi connectivity index (χ3n) is 4.16. The first-order valence-corrected chi connectivity index (χ1v) is 7.97. The maximum absolute atomic E-state index is 13.5. The fraction of sp³-hybridized carbons (Fsp3) is 0.333. The number of aromatic nitrogens is 3. The van der Waals surface area contributed by atoms with Crippen molar-refractivity contribution in [3.8, 4) is 11.4 Å². The number of aromatic hydroxyl groups is 1. The Morgan fingerprint density at radius 1 is 0.815 bits per heavy atom. The lowest BCUT2D eigenvalue weighted by atomic mass is 9.87. The largest absolute Gasteiger partial charge is 0.506 e. The lowest BCUT2D eigenvalue weighted by Gasteiger charge is -2.20. The van der Waals surface area contributed by atoms with Crippen molar-refractivity contribution in [2.24, 2.45) is 0 Å². The van der Waals surface area contributed by atoms with Gasteiger partial charge in [-0.25, -0.2) is 0 Å². The number of nitrogens with zero attached hydrogens (tertiary/aromatic N) is 3. The summed E-state index contributed by atoms with van der Waals surface area (Å²) < 4.78 is 64.8. The summed E-state index contributed by atoms with van der Waals surface area (Å²) in [6.07, 6.45) is -5.71. The van der Waals surface area contributed by atoms with Gasteiger partial charge in [-0.1, -0.05) is 32.9 Å². The summed E-state index contributed by atoms with van der Waals surface area (Å²) in [5, 5.41) is 18.1. The Kier molecular flexibility index (Phi) is 4.16. The highest BCUT2D eigenvalue weighted by Crippen LogP contribution is 2.44. The molecular weight excluding hydrogens is 369 g/mol. The maximum atomic E-state index is 13.5. The van der Waals surface area contributed by atoms with Crippen LogP contribution in [0, 0.1) is 0 Å². The summed E-state index contributed by atoms with van der Waals surface area (Å²) in [7, 11) is 0. The van der Waals surface area contributed by atoms with Gasteiger partial charge < -0.3 is 5.11 Å². The Morgan fingerprint density at radius 3 is 2.00 bits per heavy atom. The molecule has 144 valence electrons. The molecule has 9 heteroatoms. The van der Waals surface area contributed by atoms with Crippen LogP contribution in [0.3, 0.4) is 0 Å². The van der Waals surface area contributed by atoms with Gasteiger partial charge in [-0.3, -0.25) is 0 Å². The fourth-order valence-electron chi connectivity index (χ4n) is 2.53. The van der Waals surface area contributed by atoms with E-state index in [0.717, 1.165) is 16.4 Å². The van der Waals surface area contributed by atoms with Crippen LogP contribution >= 0.6 is 0 Å². The van der Waals surface area contributed by atoms with Gasteiger partial charge in [-0.15, -0.1) is 15.0 Å². The third kappa shape index (κ3) is 3.33. The lowest BCUT2D eigenvalue weighted by Crippen LogP contribution is -2.33. The first-order chi connectivity index (χ1) is 12.3. The van der Waals surface area contributed by atoms with Gasteiger partial charge in [0.25, 0.3) is 0 Å². The van der Waals surface area contributed by atoms with Crippen molar-refractivity contribution in [1.82, 2.24) is 15.0 Å². The van der Waals surface area contributed by atoms with Crippen molar-refractivity contribution < 1.29 is 27.1 Å². The first-order valence-electron chi connectivity index (χ1n) is 7.97. The van der Waals surface area contributed by atoms with Crippen molar-refractivity contribution in [2.75, 3.05) is 0 Å². The Bertz CT molecular complexity index is 1000. The highest BCUT2D eigenvalue weighted by Gasteiger charge is 2.58. The molecule has 0 fully saturated rings. The first kappa shape index (κ1) is 19.1. The second kappa shape index (κ2) is 5.90. The van der Waals surface area contributed by atoms with Crippen LogP contribution in [0.5, 0.6) is 5.75 Å². The van der Waals surface area contributed by atoms with Crippen LogP contribution in [-0.4, -0.2) is 26.3 Å². The van der Waals surface area contributed by atoms with E-state index in [4.69, 9.17) is 0 Å². The van der Waals surface area contributed by atoms with Gasteiger partial charge in [0.2, 0.25) is 0 Å². The molecule has 2 aromatic carbocycles. The summed E-state index contributed by atoms with van der Waals surface area (Å²) in [6.45, 7) is 5.88. The highest BCUT2D eigenvalue weighted by atomic mass is 19.4. The van der Waals surface area contributed by atoms with Gasteiger partial charge >= 0.3 is 12.1 Å². The molecule has 0 aliphatic rings. The fourth-order valence-corrected chi connectivity index (χ4v) is 2.53. The van der Waals surface area contributed by atoms with Crippen LogP contribution in [0.2, 0.25) is 0 Å². The van der Waals surface area contributed by atoms with Crippen molar-refractivity contribution in [3.05, 3.63) is 47.5 Å². The molecule has 0 amide bonds. The zero-order chi connectivity index (χ0) is 20.2. The molecule has 3 aromatic rings. The Hall–Kier alpha value is -2.71. The quantitative estimate of drug-likeness (QED) is 0.626. The van der Waals surface area contributed by atoms with E-state index in [2.05, 4.69) is 10.2 Å². The average molecular weight is 385 g/mol. The van der Waals surface area contributed by atoms with Crippen molar-refractivity contribution in [3.63, 3.8) is 0 Å². The molecular formula is C18H16F5N3O. The van der Waals surface area contributed by atoms with Gasteiger partial charge in [0.1, 0.15) is 22.5 Å². The van der Waals surface area contributed by atoms with E-state index >= 15 is 0 Å². The van der Waals surface area contributed by atoms with E-state index in [-0.39, 0.29) is 27.9 Å². The Morgan fingerprint density at radius 2 is 1.41 bits per heavy atom. The molecule has 0 radical (unpaired) electrons. The average Bonchev–Trinajstić information content (AvgIpc) is 2.95.